The molecule has 0 aliphatic rings. The van der Waals surface area contributed by atoms with Gasteiger partial charge in [-0.2, -0.15) is 0 Å². The van der Waals surface area contributed by atoms with Crippen LogP contribution in [0.25, 0.3) is 0 Å². The molecule has 1 aromatic carbocycles. The summed E-state index contributed by atoms with van der Waals surface area (Å²) in [4.78, 5) is 11.9. The van der Waals surface area contributed by atoms with Crippen LogP contribution in [-0.2, 0) is 6.54 Å². The molecule has 2 aromatic rings. The third kappa shape index (κ3) is 2.97. The zero-order chi connectivity index (χ0) is 13.1. The lowest BCUT2D eigenvalue weighted by molar-refractivity contribution is 0.102. The highest BCUT2D eigenvalue weighted by Gasteiger charge is 2.13. The van der Waals surface area contributed by atoms with Crippen LogP contribution < -0.4 is 11.1 Å². The monoisotopic (exact) mass is 302 g/mol. The summed E-state index contributed by atoms with van der Waals surface area (Å²) in [5.41, 5.74) is 5.69. The Kier molecular flexibility index (Phi) is 4.13. The van der Waals surface area contributed by atoms with Crippen LogP contribution in [0.3, 0.4) is 0 Å². The molecule has 0 radical (unpaired) electrons. The van der Waals surface area contributed by atoms with E-state index < -0.39 is 0 Å². The average Bonchev–Trinajstić information content (AvgIpc) is 2.80. The van der Waals surface area contributed by atoms with Gasteiger partial charge in [-0.05, 0) is 18.2 Å². The minimum absolute atomic E-state index is 0.283. The lowest BCUT2D eigenvalue weighted by Crippen LogP contribution is -2.12. The zero-order valence-corrected chi connectivity index (χ0v) is 11.3. The number of benzene rings is 1. The van der Waals surface area contributed by atoms with E-state index >= 15 is 0 Å². The Hall–Kier alpha value is -1.21. The molecule has 0 spiro atoms. The predicted molar refractivity (Wildman–Crippen MR) is 72.2 cm³/mol. The van der Waals surface area contributed by atoms with Gasteiger partial charge in [0.2, 0.25) is 5.13 Å². The summed E-state index contributed by atoms with van der Waals surface area (Å²) in [6.45, 7) is 0.283. The van der Waals surface area contributed by atoms with Gasteiger partial charge < -0.3 is 5.73 Å². The van der Waals surface area contributed by atoms with Crippen molar-refractivity contribution in [1.82, 2.24) is 10.2 Å². The van der Waals surface area contributed by atoms with E-state index in [1.807, 2.05) is 0 Å². The second kappa shape index (κ2) is 5.62. The van der Waals surface area contributed by atoms with Gasteiger partial charge in [0.15, 0.2) is 0 Å². The molecule has 94 valence electrons. The van der Waals surface area contributed by atoms with Crippen molar-refractivity contribution in [2.45, 2.75) is 6.54 Å². The van der Waals surface area contributed by atoms with Crippen molar-refractivity contribution in [3.8, 4) is 0 Å². The second-order valence-corrected chi connectivity index (χ2v) is 5.19. The van der Waals surface area contributed by atoms with Crippen molar-refractivity contribution in [3.05, 3.63) is 38.8 Å². The van der Waals surface area contributed by atoms with E-state index in [0.717, 1.165) is 0 Å². The summed E-state index contributed by atoms with van der Waals surface area (Å²) in [5, 5.41) is 11.9. The van der Waals surface area contributed by atoms with Crippen LogP contribution in [0, 0.1) is 0 Å². The number of carbonyl (C=O) groups excluding carboxylic acids is 1. The first kappa shape index (κ1) is 13.2. The van der Waals surface area contributed by atoms with Crippen molar-refractivity contribution < 1.29 is 4.79 Å². The van der Waals surface area contributed by atoms with Gasteiger partial charge in [0.25, 0.3) is 5.91 Å². The van der Waals surface area contributed by atoms with Gasteiger partial charge in [0, 0.05) is 11.6 Å². The zero-order valence-electron chi connectivity index (χ0n) is 8.98. The highest BCUT2D eigenvalue weighted by molar-refractivity contribution is 7.15. The first-order chi connectivity index (χ1) is 8.60. The van der Waals surface area contributed by atoms with E-state index in [-0.39, 0.29) is 18.0 Å². The van der Waals surface area contributed by atoms with Gasteiger partial charge in [0.1, 0.15) is 5.01 Å². The highest BCUT2D eigenvalue weighted by atomic mass is 35.5. The van der Waals surface area contributed by atoms with Gasteiger partial charge in [-0.3, -0.25) is 10.1 Å². The number of amides is 1. The number of nitrogens with one attached hydrogen (secondary N) is 1. The molecule has 0 aliphatic carbocycles. The van der Waals surface area contributed by atoms with E-state index in [2.05, 4.69) is 15.5 Å². The smallest absolute Gasteiger partial charge is 0.259 e. The molecule has 18 heavy (non-hydrogen) atoms. The van der Waals surface area contributed by atoms with Crippen molar-refractivity contribution in [1.29, 1.82) is 0 Å². The number of aromatic nitrogens is 2. The minimum atomic E-state index is -0.387. The summed E-state index contributed by atoms with van der Waals surface area (Å²) < 4.78 is 0. The van der Waals surface area contributed by atoms with Gasteiger partial charge >= 0.3 is 0 Å². The lowest BCUT2D eigenvalue weighted by atomic mass is 10.2. The summed E-state index contributed by atoms with van der Waals surface area (Å²) in [7, 11) is 0. The maximum absolute atomic E-state index is 11.9. The second-order valence-electron chi connectivity index (χ2n) is 3.28. The maximum Gasteiger partial charge on any atom is 0.259 e. The molecule has 8 heteroatoms. The van der Waals surface area contributed by atoms with E-state index in [9.17, 15) is 4.79 Å². The van der Waals surface area contributed by atoms with E-state index in [0.29, 0.717) is 20.2 Å². The standard InChI is InChI=1S/C10H8Cl2N4OS/c11-5-1-2-7(12)6(3-5)9(17)14-10-16-15-8(4-13)18-10/h1-3H,4,13H2,(H,14,16,17). The molecule has 1 aromatic heterocycles. The minimum Gasteiger partial charge on any atom is -0.324 e. The molecule has 0 aliphatic heterocycles. The van der Waals surface area contributed by atoms with Gasteiger partial charge in [-0.25, -0.2) is 0 Å². The fourth-order valence-electron chi connectivity index (χ4n) is 1.22. The van der Waals surface area contributed by atoms with Crippen LogP contribution in [0.1, 0.15) is 15.4 Å². The Balaban J connectivity index is 2.19. The lowest BCUT2D eigenvalue weighted by Gasteiger charge is -2.03. The molecule has 2 rings (SSSR count). The first-order valence-electron chi connectivity index (χ1n) is 4.89. The number of anilines is 1. The molecule has 3 N–H and O–H groups in total. The molecule has 1 amide bonds. The van der Waals surface area contributed by atoms with Crippen molar-refractivity contribution in [3.63, 3.8) is 0 Å². The Labute approximate surface area is 117 Å². The number of rotatable bonds is 3. The number of carbonyl (C=O) groups is 1. The third-order valence-corrected chi connectivity index (χ3v) is 3.46. The molecule has 0 fully saturated rings. The summed E-state index contributed by atoms with van der Waals surface area (Å²) in [5.74, 6) is -0.387. The van der Waals surface area contributed by atoms with Crippen LogP contribution in [0.4, 0.5) is 5.13 Å². The van der Waals surface area contributed by atoms with Crippen LogP contribution in [0.15, 0.2) is 18.2 Å². The van der Waals surface area contributed by atoms with E-state index in [4.69, 9.17) is 28.9 Å². The first-order valence-corrected chi connectivity index (χ1v) is 6.46. The summed E-state index contributed by atoms with van der Waals surface area (Å²) in [6, 6.07) is 4.66. The molecule has 1 heterocycles. The Morgan fingerprint density at radius 1 is 1.39 bits per heavy atom. The van der Waals surface area contributed by atoms with Crippen LogP contribution in [0.5, 0.6) is 0 Å². The van der Waals surface area contributed by atoms with Crippen molar-refractivity contribution in [2.75, 3.05) is 5.32 Å². The molecule has 0 saturated carbocycles. The number of hydrogen-bond donors (Lipinski definition) is 2. The fraction of sp³-hybridized carbons (Fsp3) is 0.100. The normalized spacial score (nSPS) is 10.4. The largest absolute Gasteiger partial charge is 0.324 e. The number of hydrogen-bond acceptors (Lipinski definition) is 5. The molecule has 0 atom stereocenters. The van der Waals surface area contributed by atoms with E-state index in [1.54, 1.807) is 12.1 Å². The van der Waals surface area contributed by atoms with Crippen LogP contribution in [0.2, 0.25) is 10.0 Å². The number of halogens is 2. The Bertz CT molecular complexity index is 587. The SMILES string of the molecule is NCc1nnc(NC(=O)c2cc(Cl)ccc2Cl)s1. The van der Waals surface area contributed by atoms with Gasteiger partial charge in [-0.15, -0.1) is 10.2 Å². The van der Waals surface area contributed by atoms with Gasteiger partial charge in [0.05, 0.1) is 10.6 Å². The molecule has 5 nitrogen and oxygen atoms in total. The highest BCUT2D eigenvalue weighted by Crippen LogP contribution is 2.22. The molecule has 0 unspecified atom stereocenters. The molecular weight excluding hydrogens is 295 g/mol. The molecular formula is C10H8Cl2N4OS. The summed E-state index contributed by atoms with van der Waals surface area (Å²) in [6.07, 6.45) is 0. The van der Waals surface area contributed by atoms with Crippen molar-refractivity contribution in [2.24, 2.45) is 5.73 Å². The third-order valence-electron chi connectivity index (χ3n) is 2.03. The fourth-order valence-corrected chi connectivity index (χ4v) is 2.21. The predicted octanol–water partition coefficient (Wildman–Crippen LogP) is 2.56. The van der Waals surface area contributed by atoms with Gasteiger partial charge in [-0.1, -0.05) is 34.5 Å². The maximum atomic E-state index is 11.9. The van der Waals surface area contributed by atoms with Crippen LogP contribution in [-0.4, -0.2) is 16.1 Å². The van der Waals surface area contributed by atoms with E-state index in [1.165, 1.54) is 17.4 Å². The average molecular weight is 303 g/mol. The summed E-state index contributed by atoms with van der Waals surface area (Å²) >= 11 is 12.9. The Morgan fingerprint density at radius 2 is 2.17 bits per heavy atom. The topological polar surface area (TPSA) is 80.9 Å². The Morgan fingerprint density at radius 3 is 2.83 bits per heavy atom. The molecule has 0 saturated heterocycles. The molecule has 0 bridgehead atoms. The number of nitrogens with zero attached hydrogens (tertiary/aromatic N) is 2. The van der Waals surface area contributed by atoms with Crippen molar-refractivity contribution >= 4 is 45.6 Å². The quantitative estimate of drug-likeness (QED) is 0.913. The number of nitrogens with two attached hydrogens (primary N) is 1. The van der Waals surface area contributed by atoms with Crippen LogP contribution >= 0.6 is 34.5 Å².